The molecule has 2 rings (SSSR count). The number of carbonyl (C=O) groups excluding carboxylic acids is 1. The van der Waals surface area contributed by atoms with E-state index >= 15 is 0 Å². The summed E-state index contributed by atoms with van der Waals surface area (Å²) in [5.74, 6) is -0.802. The van der Waals surface area contributed by atoms with Gasteiger partial charge in [0.2, 0.25) is 0 Å². The van der Waals surface area contributed by atoms with Crippen molar-refractivity contribution >= 4 is 11.9 Å². The summed E-state index contributed by atoms with van der Waals surface area (Å²) in [6.07, 6.45) is 12.2. The largest absolute Gasteiger partial charge is 0.481 e. The minimum absolute atomic E-state index is 0.0388. The molecule has 0 spiro atoms. The van der Waals surface area contributed by atoms with E-state index in [1.807, 2.05) is 6.92 Å². The molecule has 0 saturated heterocycles. The molecule has 2 aliphatic carbocycles. The van der Waals surface area contributed by atoms with Crippen molar-refractivity contribution in [2.24, 2.45) is 23.2 Å². The Hall–Kier alpha value is -2.18. The molecule has 6 atom stereocenters. The van der Waals surface area contributed by atoms with Crippen molar-refractivity contribution in [2.75, 3.05) is 0 Å². The molecule has 0 saturated carbocycles. The first-order valence-corrected chi connectivity index (χ1v) is 12.6. The van der Waals surface area contributed by atoms with Crippen LogP contribution in [0.15, 0.2) is 49.1 Å². The highest BCUT2D eigenvalue weighted by Crippen LogP contribution is 2.45. The Morgan fingerprint density at radius 3 is 2.50 bits per heavy atom. The predicted octanol–water partition coefficient (Wildman–Crippen LogP) is 4.97. The normalized spacial score (nSPS) is 26.1. The van der Waals surface area contributed by atoms with Gasteiger partial charge in [-0.15, -0.1) is 13.2 Å². The van der Waals surface area contributed by atoms with Crippen LogP contribution < -0.4 is 0 Å². The maximum atomic E-state index is 13.4. The van der Waals surface area contributed by atoms with Gasteiger partial charge in [0.15, 0.2) is 0 Å². The van der Waals surface area contributed by atoms with E-state index < -0.39 is 23.6 Å². The number of hydrogen-bond acceptors (Lipinski definition) is 5. The van der Waals surface area contributed by atoms with Crippen molar-refractivity contribution in [3.05, 3.63) is 49.1 Å². The first-order chi connectivity index (χ1) is 16.2. The number of ether oxygens (including phenoxy) is 1. The summed E-state index contributed by atoms with van der Waals surface area (Å²) in [7, 11) is 0. The fourth-order valence-corrected chi connectivity index (χ4v) is 5.55. The number of fused-ring (bicyclic) bond motifs is 1. The number of hydrogen-bond donors (Lipinski definition) is 3. The molecule has 0 aromatic carbocycles. The highest BCUT2D eigenvalue weighted by molar-refractivity contribution is 5.77. The lowest BCUT2D eigenvalue weighted by molar-refractivity contribution is -0.166. The Labute approximate surface area is 204 Å². The molecular formula is C28H42O6. The first kappa shape index (κ1) is 28.1. The Balaban J connectivity index is 2.15. The van der Waals surface area contributed by atoms with Crippen LogP contribution >= 0.6 is 0 Å². The number of aliphatic carboxylic acids is 1. The third-order valence-corrected chi connectivity index (χ3v) is 7.57. The van der Waals surface area contributed by atoms with Crippen LogP contribution in [0.5, 0.6) is 0 Å². The molecule has 34 heavy (non-hydrogen) atoms. The minimum atomic E-state index is -1.08. The van der Waals surface area contributed by atoms with Gasteiger partial charge in [0.25, 0.3) is 0 Å². The van der Waals surface area contributed by atoms with Crippen molar-refractivity contribution in [3.8, 4) is 0 Å². The molecule has 0 fully saturated rings. The lowest BCUT2D eigenvalue weighted by Gasteiger charge is -2.43. The zero-order valence-corrected chi connectivity index (χ0v) is 20.7. The lowest BCUT2D eigenvalue weighted by Crippen LogP contribution is -2.42. The standard InChI is InChI=1S/C28H42O6/c1-5-15-28(7-3,16-6-2)27(33)34-24-10-8-9-20-12-11-19(4)23(26(20)24)14-13-21(29)17-22(30)18-25(31)32/h5-6,9,11-12,19,21-24,26,29-30H,1-2,7-8,10,13-18H2,3-4H3,(H,31,32). The Morgan fingerprint density at radius 2 is 1.91 bits per heavy atom. The topological polar surface area (TPSA) is 104 Å². The predicted molar refractivity (Wildman–Crippen MR) is 133 cm³/mol. The molecule has 0 bridgehead atoms. The summed E-state index contributed by atoms with van der Waals surface area (Å²) in [5.41, 5.74) is 0.537. The monoisotopic (exact) mass is 474 g/mol. The van der Waals surface area contributed by atoms with Gasteiger partial charge in [-0.1, -0.05) is 44.2 Å². The van der Waals surface area contributed by atoms with E-state index in [1.165, 1.54) is 5.57 Å². The second-order valence-electron chi connectivity index (χ2n) is 9.97. The van der Waals surface area contributed by atoms with Crippen LogP contribution in [-0.4, -0.2) is 45.6 Å². The van der Waals surface area contributed by atoms with Crippen LogP contribution in [0.4, 0.5) is 0 Å². The third kappa shape index (κ3) is 7.16. The first-order valence-electron chi connectivity index (χ1n) is 12.6. The van der Waals surface area contributed by atoms with Crippen molar-refractivity contribution in [1.29, 1.82) is 0 Å². The number of aliphatic hydroxyl groups is 2. The molecule has 0 heterocycles. The maximum absolute atomic E-state index is 13.4. The van der Waals surface area contributed by atoms with Gasteiger partial charge < -0.3 is 20.1 Å². The average molecular weight is 475 g/mol. The van der Waals surface area contributed by atoms with Crippen molar-refractivity contribution in [3.63, 3.8) is 0 Å². The number of carboxylic acid groups (broad SMARTS) is 1. The second kappa shape index (κ2) is 13.1. The van der Waals surface area contributed by atoms with Crippen LogP contribution in [0.1, 0.15) is 71.6 Å². The smallest absolute Gasteiger partial charge is 0.312 e. The Morgan fingerprint density at radius 1 is 1.24 bits per heavy atom. The zero-order valence-electron chi connectivity index (χ0n) is 20.7. The fourth-order valence-electron chi connectivity index (χ4n) is 5.55. The van der Waals surface area contributed by atoms with Crippen molar-refractivity contribution in [1.82, 2.24) is 0 Å². The van der Waals surface area contributed by atoms with Crippen LogP contribution in [0.25, 0.3) is 0 Å². The van der Waals surface area contributed by atoms with Crippen molar-refractivity contribution in [2.45, 2.75) is 89.9 Å². The van der Waals surface area contributed by atoms with E-state index in [2.05, 4.69) is 38.3 Å². The maximum Gasteiger partial charge on any atom is 0.312 e. The quantitative estimate of drug-likeness (QED) is 0.242. The van der Waals surface area contributed by atoms with E-state index in [0.717, 1.165) is 12.8 Å². The molecule has 0 aromatic heterocycles. The molecule has 2 aliphatic rings. The number of aliphatic hydroxyl groups excluding tert-OH is 2. The molecule has 0 aromatic rings. The lowest BCUT2D eigenvalue weighted by atomic mass is 9.66. The summed E-state index contributed by atoms with van der Waals surface area (Å²) >= 11 is 0. The number of carbonyl (C=O) groups is 2. The molecule has 0 amide bonds. The van der Waals surface area contributed by atoms with Gasteiger partial charge in [-0.2, -0.15) is 0 Å². The van der Waals surface area contributed by atoms with E-state index in [4.69, 9.17) is 9.84 Å². The molecule has 0 radical (unpaired) electrons. The summed E-state index contributed by atoms with van der Waals surface area (Å²) in [6.45, 7) is 11.8. The van der Waals surface area contributed by atoms with Crippen LogP contribution in [-0.2, 0) is 14.3 Å². The van der Waals surface area contributed by atoms with E-state index in [0.29, 0.717) is 32.1 Å². The third-order valence-electron chi connectivity index (χ3n) is 7.57. The van der Waals surface area contributed by atoms with Gasteiger partial charge >= 0.3 is 11.9 Å². The summed E-state index contributed by atoms with van der Waals surface area (Å²) in [4.78, 5) is 24.2. The molecule has 190 valence electrons. The zero-order chi connectivity index (χ0) is 25.3. The summed E-state index contributed by atoms with van der Waals surface area (Å²) in [5, 5.41) is 29.1. The van der Waals surface area contributed by atoms with Gasteiger partial charge in [-0.05, 0) is 68.8 Å². The number of allylic oxidation sites excluding steroid dienone is 5. The summed E-state index contributed by atoms with van der Waals surface area (Å²) in [6, 6.07) is 0. The molecule has 6 heteroatoms. The molecule has 0 aliphatic heterocycles. The number of esters is 1. The molecule has 6 unspecified atom stereocenters. The molecule has 6 nitrogen and oxygen atoms in total. The van der Waals surface area contributed by atoms with Crippen LogP contribution in [0, 0.1) is 23.2 Å². The second-order valence-corrected chi connectivity index (χ2v) is 9.97. The van der Waals surface area contributed by atoms with Gasteiger partial charge in [-0.3, -0.25) is 9.59 Å². The SMILES string of the molecule is C=CCC(CC)(CC=C)C(=O)OC1CCC=C2C=CC(C)C(CCC(O)CC(O)CC(=O)O)C21. The highest BCUT2D eigenvalue weighted by Gasteiger charge is 2.43. The molecule has 3 N–H and O–H groups in total. The number of carboxylic acids is 1. The summed E-state index contributed by atoms with van der Waals surface area (Å²) < 4.78 is 6.24. The van der Waals surface area contributed by atoms with Crippen LogP contribution in [0.3, 0.4) is 0 Å². The minimum Gasteiger partial charge on any atom is -0.481 e. The Kier molecular flexibility index (Phi) is 10.8. The van der Waals surface area contributed by atoms with Crippen molar-refractivity contribution < 1.29 is 29.6 Å². The van der Waals surface area contributed by atoms with Crippen LogP contribution in [0.2, 0.25) is 0 Å². The van der Waals surface area contributed by atoms with Gasteiger partial charge in [-0.25, -0.2) is 0 Å². The van der Waals surface area contributed by atoms with E-state index in [1.54, 1.807) is 12.2 Å². The van der Waals surface area contributed by atoms with E-state index in [9.17, 15) is 19.8 Å². The fraction of sp³-hybridized carbons (Fsp3) is 0.643. The van der Waals surface area contributed by atoms with E-state index in [-0.39, 0.29) is 42.7 Å². The molecular weight excluding hydrogens is 432 g/mol. The van der Waals surface area contributed by atoms with Gasteiger partial charge in [0.05, 0.1) is 24.0 Å². The van der Waals surface area contributed by atoms with Gasteiger partial charge in [0.1, 0.15) is 6.10 Å². The van der Waals surface area contributed by atoms with Gasteiger partial charge in [0, 0.05) is 5.92 Å². The highest BCUT2D eigenvalue weighted by atomic mass is 16.5. The number of rotatable bonds is 14. The average Bonchev–Trinajstić information content (AvgIpc) is 2.77. The Bertz CT molecular complexity index is 772.